The summed E-state index contributed by atoms with van der Waals surface area (Å²) >= 11 is 0. The van der Waals surface area contributed by atoms with Crippen molar-refractivity contribution >= 4 is 5.69 Å². The zero-order valence-electron chi connectivity index (χ0n) is 11.2. The van der Waals surface area contributed by atoms with Gasteiger partial charge in [-0.05, 0) is 36.2 Å². The first-order valence-corrected chi connectivity index (χ1v) is 6.48. The number of aryl methyl sites for hydroxylation is 1. The molecule has 3 heteroatoms. The van der Waals surface area contributed by atoms with Crippen LogP contribution in [0.15, 0.2) is 60.9 Å². The molecule has 98 valence electrons. The summed E-state index contributed by atoms with van der Waals surface area (Å²) in [5.41, 5.74) is 11.7. The lowest BCUT2D eigenvalue weighted by molar-refractivity contribution is 1.19. The van der Waals surface area contributed by atoms with E-state index in [9.17, 15) is 0 Å². The number of benzene rings is 1. The summed E-state index contributed by atoms with van der Waals surface area (Å²) in [7, 11) is 0. The summed E-state index contributed by atoms with van der Waals surface area (Å²) in [6.07, 6.45) is 3.55. The lowest BCUT2D eigenvalue weighted by atomic mass is 9.97. The number of nitrogens with zero attached hydrogens (tertiary/aromatic N) is 2. The Bertz CT molecular complexity index is 736. The van der Waals surface area contributed by atoms with Crippen molar-refractivity contribution < 1.29 is 0 Å². The van der Waals surface area contributed by atoms with Gasteiger partial charge in [-0.25, -0.2) is 0 Å². The maximum absolute atomic E-state index is 5.87. The predicted octanol–water partition coefficient (Wildman–Crippen LogP) is 3.70. The fourth-order valence-corrected chi connectivity index (χ4v) is 2.33. The largest absolute Gasteiger partial charge is 0.399 e. The van der Waals surface area contributed by atoms with Crippen molar-refractivity contribution in [3.8, 4) is 22.4 Å². The van der Waals surface area contributed by atoms with E-state index in [0.717, 1.165) is 28.1 Å². The van der Waals surface area contributed by atoms with Gasteiger partial charge < -0.3 is 5.73 Å². The third kappa shape index (κ3) is 2.26. The highest BCUT2D eigenvalue weighted by Gasteiger charge is 2.12. The molecule has 3 rings (SSSR count). The molecule has 0 saturated heterocycles. The topological polar surface area (TPSA) is 51.8 Å². The summed E-state index contributed by atoms with van der Waals surface area (Å²) < 4.78 is 0. The van der Waals surface area contributed by atoms with Crippen LogP contribution in [-0.2, 0) is 0 Å². The molecular formula is C17H15N3. The van der Waals surface area contributed by atoms with Gasteiger partial charge in [0.2, 0.25) is 0 Å². The van der Waals surface area contributed by atoms with Gasteiger partial charge in [-0.2, -0.15) is 0 Å². The quantitative estimate of drug-likeness (QED) is 0.765. The molecule has 2 N–H and O–H groups in total. The molecule has 2 heterocycles. The van der Waals surface area contributed by atoms with Crippen LogP contribution < -0.4 is 5.73 Å². The Hall–Kier alpha value is -2.68. The van der Waals surface area contributed by atoms with Crippen molar-refractivity contribution in [1.82, 2.24) is 9.97 Å². The van der Waals surface area contributed by atoms with E-state index in [1.54, 1.807) is 12.3 Å². The number of aromatic nitrogens is 2. The van der Waals surface area contributed by atoms with Crippen LogP contribution in [0.5, 0.6) is 0 Å². The first-order valence-electron chi connectivity index (χ1n) is 6.48. The number of nitrogen functional groups attached to an aromatic ring is 1. The van der Waals surface area contributed by atoms with Crippen LogP contribution in [0.1, 0.15) is 5.69 Å². The maximum Gasteiger partial charge on any atom is 0.0746 e. The number of rotatable bonds is 2. The van der Waals surface area contributed by atoms with Gasteiger partial charge >= 0.3 is 0 Å². The second-order valence-electron chi connectivity index (χ2n) is 4.66. The van der Waals surface area contributed by atoms with E-state index in [0.29, 0.717) is 5.69 Å². The zero-order chi connectivity index (χ0) is 13.9. The molecule has 0 radical (unpaired) electrons. The van der Waals surface area contributed by atoms with Crippen molar-refractivity contribution in [3.63, 3.8) is 0 Å². The molecule has 0 unspecified atom stereocenters. The molecule has 0 saturated carbocycles. The number of anilines is 1. The molecular weight excluding hydrogens is 246 g/mol. The molecule has 0 aliphatic carbocycles. The number of hydrogen-bond donors (Lipinski definition) is 1. The molecule has 20 heavy (non-hydrogen) atoms. The summed E-state index contributed by atoms with van der Waals surface area (Å²) in [6.45, 7) is 1.99. The molecule has 1 aromatic carbocycles. The van der Waals surface area contributed by atoms with Crippen LogP contribution in [-0.4, -0.2) is 9.97 Å². The Morgan fingerprint density at radius 2 is 1.65 bits per heavy atom. The van der Waals surface area contributed by atoms with Gasteiger partial charge in [-0.3, -0.25) is 9.97 Å². The van der Waals surface area contributed by atoms with Gasteiger partial charge in [0.05, 0.1) is 5.69 Å². The molecule has 3 aromatic rings. The second kappa shape index (κ2) is 5.13. The fraction of sp³-hybridized carbons (Fsp3) is 0.0588. The highest BCUT2D eigenvalue weighted by atomic mass is 14.7. The summed E-state index contributed by atoms with van der Waals surface area (Å²) in [4.78, 5) is 8.83. The Kier molecular flexibility index (Phi) is 3.17. The maximum atomic E-state index is 5.87. The first-order chi connectivity index (χ1) is 9.75. The molecule has 0 spiro atoms. The summed E-state index contributed by atoms with van der Waals surface area (Å²) in [5.74, 6) is 0. The predicted molar refractivity (Wildman–Crippen MR) is 82.1 cm³/mol. The second-order valence-corrected chi connectivity index (χ2v) is 4.66. The van der Waals surface area contributed by atoms with Crippen molar-refractivity contribution in [3.05, 3.63) is 66.6 Å². The molecule has 3 nitrogen and oxygen atoms in total. The van der Waals surface area contributed by atoms with Gasteiger partial charge in [0, 0.05) is 29.3 Å². The van der Waals surface area contributed by atoms with Gasteiger partial charge in [-0.1, -0.05) is 30.3 Å². The molecule has 2 aromatic heterocycles. The minimum Gasteiger partial charge on any atom is -0.399 e. The lowest BCUT2D eigenvalue weighted by Gasteiger charge is -2.12. The first kappa shape index (κ1) is 12.4. The van der Waals surface area contributed by atoms with Crippen molar-refractivity contribution in [2.45, 2.75) is 6.92 Å². The van der Waals surface area contributed by atoms with Gasteiger partial charge in [0.15, 0.2) is 0 Å². The minimum atomic E-state index is 0.706. The minimum absolute atomic E-state index is 0.706. The van der Waals surface area contributed by atoms with Gasteiger partial charge in [0.1, 0.15) is 0 Å². The molecule has 0 atom stereocenters. The van der Waals surface area contributed by atoms with Crippen molar-refractivity contribution in [1.29, 1.82) is 0 Å². The van der Waals surface area contributed by atoms with Crippen LogP contribution in [0.2, 0.25) is 0 Å². The highest BCUT2D eigenvalue weighted by Crippen LogP contribution is 2.33. The third-order valence-corrected chi connectivity index (χ3v) is 3.27. The Morgan fingerprint density at radius 1 is 0.900 bits per heavy atom. The van der Waals surface area contributed by atoms with Crippen molar-refractivity contribution in [2.24, 2.45) is 0 Å². The third-order valence-electron chi connectivity index (χ3n) is 3.27. The monoisotopic (exact) mass is 261 g/mol. The van der Waals surface area contributed by atoms with Crippen LogP contribution in [0.4, 0.5) is 5.69 Å². The van der Waals surface area contributed by atoms with E-state index in [2.05, 4.69) is 22.1 Å². The van der Waals surface area contributed by atoms with E-state index < -0.39 is 0 Å². The summed E-state index contributed by atoms with van der Waals surface area (Å²) in [6, 6.07) is 15.9. The van der Waals surface area contributed by atoms with Crippen molar-refractivity contribution in [2.75, 3.05) is 5.73 Å². The molecule has 0 amide bonds. The SMILES string of the molecule is Cc1nccc(-c2ccccc2)c1-c1cc(N)ccn1. The van der Waals surface area contributed by atoms with E-state index >= 15 is 0 Å². The van der Waals surface area contributed by atoms with E-state index in [1.165, 1.54) is 0 Å². The molecule has 0 aliphatic rings. The number of hydrogen-bond acceptors (Lipinski definition) is 3. The van der Waals surface area contributed by atoms with E-state index in [1.807, 2.05) is 43.5 Å². The molecule has 0 bridgehead atoms. The van der Waals surface area contributed by atoms with E-state index in [4.69, 9.17) is 5.73 Å². The fourth-order valence-electron chi connectivity index (χ4n) is 2.33. The zero-order valence-corrected chi connectivity index (χ0v) is 11.2. The highest BCUT2D eigenvalue weighted by molar-refractivity contribution is 5.83. The molecule has 0 aliphatic heterocycles. The average Bonchev–Trinajstić information content (AvgIpc) is 2.48. The summed E-state index contributed by atoms with van der Waals surface area (Å²) in [5, 5.41) is 0. The molecule has 0 fully saturated rings. The van der Waals surface area contributed by atoms with E-state index in [-0.39, 0.29) is 0 Å². The number of nitrogens with two attached hydrogens (primary N) is 1. The lowest BCUT2D eigenvalue weighted by Crippen LogP contribution is -1.95. The van der Waals surface area contributed by atoms with Crippen LogP contribution in [0, 0.1) is 6.92 Å². The Balaban J connectivity index is 2.25. The van der Waals surface area contributed by atoms with Gasteiger partial charge in [-0.15, -0.1) is 0 Å². The Morgan fingerprint density at radius 3 is 2.40 bits per heavy atom. The van der Waals surface area contributed by atoms with Gasteiger partial charge in [0.25, 0.3) is 0 Å². The standard InChI is InChI=1S/C17H15N3/c1-12-17(16-11-14(18)7-9-20-16)15(8-10-19-12)13-5-3-2-4-6-13/h2-11H,1H3,(H2,18,20). The Labute approximate surface area is 118 Å². The van der Waals surface area contributed by atoms with Crippen LogP contribution in [0.3, 0.4) is 0 Å². The normalized spacial score (nSPS) is 10.4. The average molecular weight is 261 g/mol. The van der Waals surface area contributed by atoms with Crippen LogP contribution in [0.25, 0.3) is 22.4 Å². The smallest absolute Gasteiger partial charge is 0.0746 e. The number of pyridine rings is 2. The van der Waals surface area contributed by atoms with Crippen LogP contribution >= 0.6 is 0 Å².